The zero-order valence-electron chi connectivity index (χ0n) is 9.50. The number of rotatable bonds is 4. The third-order valence-electron chi connectivity index (χ3n) is 2.16. The third kappa shape index (κ3) is 2.75. The molecule has 0 bridgehead atoms. The fourth-order valence-corrected chi connectivity index (χ4v) is 3.54. The molecule has 10 heteroatoms. The van der Waals surface area contributed by atoms with Crippen LogP contribution < -0.4 is 4.72 Å². The van der Waals surface area contributed by atoms with E-state index in [-0.39, 0.29) is 0 Å². The molecule has 0 fully saturated rings. The fourth-order valence-electron chi connectivity index (χ4n) is 1.33. The van der Waals surface area contributed by atoms with Crippen molar-refractivity contribution in [3.63, 3.8) is 0 Å². The van der Waals surface area contributed by atoms with Crippen LogP contribution in [-0.4, -0.2) is 24.5 Å². The van der Waals surface area contributed by atoms with Gasteiger partial charge in [-0.1, -0.05) is 0 Å². The maximum absolute atomic E-state index is 13.4. The Kier molecular flexibility index (Phi) is 3.68. The van der Waals surface area contributed by atoms with Crippen molar-refractivity contribution in [1.82, 2.24) is 4.98 Å². The van der Waals surface area contributed by atoms with E-state index in [9.17, 15) is 22.0 Å². The van der Waals surface area contributed by atoms with Crippen LogP contribution >= 0.6 is 11.3 Å². The molecule has 0 radical (unpaired) electrons. The Balaban J connectivity index is 2.41. The van der Waals surface area contributed by atoms with Crippen LogP contribution in [0.5, 0.6) is 0 Å². The zero-order chi connectivity index (χ0) is 14.9. The highest BCUT2D eigenvalue weighted by molar-refractivity contribution is 7.94. The number of thiazole rings is 1. The van der Waals surface area contributed by atoms with Crippen LogP contribution in [0.1, 0.15) is 10.5 Å². The van der Waals surface area contributed by atoms with Gasteiger partial charge in [0.25, 0.3) is 10.0 Å². The van der Waals surface area contributed by atoms with Gasteiger partial charge in [-0.15, -0.1) is 11.3 Å². The van der Waals surface area contributed by atoms with Crippen molar-refractivity contribution in [2.24, 2.45) is 0 Å². The molecule has 2 rings (SSSR count). The Bertz CT molecular complexity index is 773. The molecule has 20 heavy (non-hydrogen) atoms. The number of aromatic nitrogens is 1. The molecule has 1 heterocycles. The molecule has 2 aromatic rings. The van der Waals surface area contributed by atoms with Crippen LogP contribution in [0.4, 0.5) is 14.5 Å². The number of halogens is 2. The second-order valence-corrected chi connectivity index (χ2v) is 6.26. The Morgan fingerprint density at radius 3 is 2.65 bits per heavy atom. The average molecular weight is 320 g/mol. The monoisotopic (exact) mass is 320 g/mol. The molecule has 0 unspecified atom stereocenters. The van der Waals surface area contributed by atoms with E-state index >= 15 is 0 Å². The molecule has 0 saturated carbocycles. The summed E-state index contributed by atoms with van der Waals surface area (Å²) in [5, 5.41) is 8.80. The highest BCUT2D eigenvalue weighted by Gasteiger charge is 2.26. The van der Waals surface area contributed by atoms with Crippen LogP contribution in [0.2, 0.25) is 0 Å². The lowest BCUT2D eigenvalue weighted by atomic mass is 10.3. The molecular formula is C10H6F2N2O4S2. The van der Waals surface area contributed by atoms with Crippen LogP contribution in [0.25, 0.3) is 0 Å². The van der Waals surface area contributed by atoms with Crippen LogP contribution in [0.15, 0.2) is 27.9 Å². The summed E-state index contributed by atoms with van der Waals surface area (Å²) in [5.41, 5.74) is -0.111. The molecule has 1 aromatic heterocycles. The predicted molar refractivity (Wildman–Crippen MR) is 66.2 cm³/mol. The summed E-state index contributed by atoms with van der Waals surface area (Å²) in [6, 6.07) is 2.26. The number of sulfonamides is 1. The number of hydrogen-bond acceptors (Lipinski definition) is 5. The van der Waals surface area contributed by atoms with Gasteiger partial charge in [0.05, 0.1) is 11.2 Å². The van der Waals surface area contributed by atoms with Gasteiger partial charge in [0.1, 0.15) is 11.6 Å². The standard InChI is InChI=1S/C10H6F2N2O4S2/c11-5-1-2-7(6(12)3-5)14-20(17,18)10-8(9(15)16)13-4-19-10/h1-4,14H,(H,15,16). The molecule has 0 aliphatic heterocycles. The first-order valence-corrected chi connectivity index (χ1v) is 7.32. The SMILES string of the molecule is O=C(O)c1ncsc1S(=O)(=O)Nc1ccc(F)cc1F. The van der Waals surface area contributed by atoms with Crippen molar-refractivity contribution in [2.75, 3.05) is 4.72 Å². The summed E-state index contributed by atoms with van der Waals surface area (Å²) in [6.45, 7) is 0. The molecule has 0 amide bonds. The highest BCUT2D eigenvalue weighted by Crippen LogP contribution is 2.24. The van der Waals surface area contributed by atoms with Crippen LogP contribution in [0.3, 0.4) is 0 Å². The van der Waals surface area contributed by atoms with E-state index in [2.05, 4.69) is 4.98 Å². The topological polar surface area (TPSA) is 96.4 Å². The number of anilines is 1. The highest BCUT2D eigenvalue weighted by atomic mass is 32.2. The largest absolute Gasteiger partial charge is 0.476 e. The van der Waals surface area contributed by atoms with Crippen LogP contribution in [-0.2, 0) is 10.0 Å². The number of nitrogens with one attached hydrogen (secondary N) is 1. The first-order valence-electron chi connectivity index (χ1n) is 4.96. The van der Waals surface area contributed by atoms with E-state index in [0.717, 1.165) is 17.6 Å². The van der Waals surface area contributed by atoms with E-state index in [1.54, 1.807) is 0 Å². The Labute approximate surface area is 115 Å². The molecule has 0 aliphatic carbocycles. The van der Waals surface area contributed by atoms with Crippen molar-refractivity contribution in [3.05, 3.63) is 41.0 Å². The number of hydrogen-bond donors (Lipinski definition) is 2. The second kappa shape index (κ2) is 5.13. The van der Waals surface area contributed by atoms with E-state index in [0.29, 0.717) is 17.4 Å². The minimum Gasteiger partial charge on any atom is -0.476 e. The molecule has 0 atom stereocenters. The van der Waals surface area contributed by atoms with Crippen molar-refractivity contribution in [3.8, 4) is 0 Å². The molecule has 0 saturated heterocycles. The van der Waals surface area contributed by atoms with Gasteiger partial charge in [0.15, 0.2) is 9.90 Å². The lowest BCUT2D eigenvalue weighted by molar-refractivity contribution is 0.0687. The molecule has 1 aromatic carbocycles. The van der Waals surface area contributed by atoms with Gasteiger partial charge in [-0.2, -0.15) is 0 Å². The van der Waals surface area contributed by atoms with E-state index in [1.165, 1.54) is 0 Å². The quantitative estimate of drug-likeness (QED) is 0.897. The van der Waals surface area contributed by atoms with Gasteiger partial charge in [-0.05, 0) is 12.1 Å². The summed E-state index contributed by atoms with van der Waals surface area (Å²) in [5.74, 6) is -3.50. The van der Waals surface area contributed by atoms with Crippen molar-refractivity contribution in [1.29, 1.82) is 0 Å². The Morgan fingerprint density at radius 2 is 2.05 bits per heavy atom. The van der Waals surface area contributed by atoms with Crippen molar-refractivity contribution in [2.45, 2.75) is 4.21 Å². The molecular weight excluding hydrogens is 314 g/mol. The Hall–Kier alpha value is -2.07. The van der Waals surface area contributed by atoms with Gasteiger partial charge in [-0.3, -0.25) is 4.72 Å². The molecule has 0 spiro atoms. The molecule has 0 aliphatic rings. The van der Waals surface area contributed by atoms with Gasteiger partial charge in [0.2, 0.25) is 0 Å². The first-order chi connectivity index (χ1) is 9.31. The number of carboxylic acids is 1. The second-order valence-electron chi connectivity index (χ2n) is 3.52. The number of benzene rings is 1. The lowest BCUT2D eigenvalue weighted by Crippen LogP contribution is -2.16. The number of carboxylic acid groups (broad SMARTS) is 1. The Morgan fingerprint density at radius 1 is 1.35 bits per heavy atom. The van der Waals surface area contributed by atoms with Crippen molar-refractivity contribution < 1.29 is 27.1 Å². The summed E-state index contributed by atoms with van der Waals surface area (Å²) >= 11 is 0.574. The van der Waals surface area contributed by atoms with Gasteiger partial charge in [0, 0.05) is 6.07 Å². The van der Waals surface area contributed by atoms with E-state index in [4.69, 9.17) is 5.11 Å². The number of aromatic carboxylic acids is 1. The minimum atomic E-state index is -4.32. The number of carbonyl (C=O) groups is 1. The normalized spacial score (nSPS) is 11.3. The molecule has 6 nitrogen and oxygen atoms in total. The third-order valence-corrected chi connectivity index (χ3v) is 4.89. The van der Waals surface area contributed by atoms with Gasteiger partial charge >= 0.3 is 5.97 Å². The smallest absolute Gasteiger partial charge is 0.356 e. The summed E-state index contributed by atoms with van der Waals surface area (Å²) < 4.78 is 51.3. The minimum absolute atomic E-state index is 0.490. The maximum atomic E-state index is 13.4. The van der Waals surface area contributed by atoms with Gasteiger partial charge in [-0.25, -0.2) is 27.0 Å². The number of nitrogens with zero attached hydrogens (tertiary/aromatic N) is 1. The maximum Gasteiger partial charge on any atom is 0.356 e. The van der Waals surface area contributed by atoms with Crippen molar-refractivity contribution >= 4 is 33.0 Å². The van der Waals surface area contributed by atoms with E-state index < -0.39 is 43.2 Å². The summed E-state index contributed by atoms with van der Waals surface area (Å²) in [6.07, 6.45) is 0. The molecule has 2 N–H and O–H groups in total. The fraction of sp³-hybridized carbons (Fsp3) is 0. The summed E-state index contributed by atoms with van der Waals surface area (Å²) in [4.78, 5) is 14.2. The lowest BCUT2D eigenvalue weighted by Gasteiger charge is -2.07. The average Bonchev–Trinajstić information content (AvgIpc) is 2.82. The molecule has 106 valence electrons. The summed E-state index contributed by atoms with van der Waals surface area (Å²) in [7, 11) is -4.32. The van der Waals surface area contributed by atoms with Crippen LogP contribution in [0, 0.1) is 11.6 Å². The van der Waals surface area contributed by atoms with Gasteiger partial charge < -0.3 is 5.11 Å². The first kappa shape index (κ1) is 14.3. The predicted octanol–water partition coefficient (Wildman–Crippen LogP) is 1.92. The van der Waals surface area contributed by atoms with E-state index in [1.807, 2.05) is 4.72 Å². The zero-order valence-corrected chi connectivity index (χ0v) is 11.1.